The molecule has 0 saturated heterocycles. The minimum atomic E-state index is -1.17. The van der Waals surface area contributed by atoms with E-state index in [9.17, 15) is 14.7 Å². The van der Waals surface area contributed by atoms with Gasteiger partial charge in [-0.2, -0.15) is 0 Å². The molecule has 206 valence electrons. The van der Waals surface area contributed by atoms with E-state index in [1.54, 1.807) is 25.7 Å². The molecule has 3 aromatic rings. The fraction of sp³-hybridized carbons (Fsp3) is 0.375. The Balaban J connectivity index is 1.61. The van der Waals surface area contributed by atoms with Crippen molar-refractivity contribution in [1.82, 2.24) is 9.80 Å². The minimum absolute atomic E-state index is 0.0853. The van der Waals surface area contributed by atoms with Gasteiger partial charge in [0.15, 0.2) is 0 Å². The Bertz CT molecular complexity index is 1240. The molecule has 7 heteroatoms. The molecule has 39 heavy (non-hydrogen) atoms. The van der Waals surface area contributed by atoms with Crippen molar-refractivity contribution in [1.29, 1.82) is 0 Å². The van der Waals surface area contributed by atoms with Crippen LogP contribution in [0, 0.1) is 0 Å². The molecule has 1 aliphatic rings. The Labute approximate surface area is 231 Å². The predicted octanol–water partition coefficient (Wildman–Crippen LogP) is 6.11. The monoisotopic (exact) mass is 530 g/mol. The Kier molecular flexibility index (Phi) is 8.92. The van der Waals surface area contributed by atoms with Gasteiger partial charge >= 0.3 is 12.2 Å². The van der Waals surface area contributed by atoms with Gasteiger partial charge in [0.2, 0.25) is 0 Å². The molecule has 0 aliphatic carbocycles. The molecule has 1 N–H and O–H groups in total. The van der Waals surface area contributed by atoms with E-state index in [0.717, 1.165) is 22.3 Å². The fourth-order valence-corrected chi connectivity index (χ4v) is 4.80. The second-order valence-electron chi connectivity index (χ2n) is 11.0. The van der Waals surface area contributed by atoms with Crippen LogP contribution in [0.2, 0.25) is 0 Å². The van der Waals surface area contributed by atoms with Gasteiger partial charge in [0.25, 0.3) is 0 Å². The molecule has 0 bridgehead atoms. The lowest BCUT2D eigenvalue weighted by molar-refractivity contribution is -0.0490. The van der Waals surface area contributed by atoms with Crippen molar-refractivity contribution in [2.24, 2.45) is 0 Å². The van der Waals surface area contributed by atoms with E-state index in [-0.39, 0.29) is 19.1 Å². The largest absolute Gasteiger partial charge is 0.445 e. The lowest BCUT2D eigenvalue weighted by Gasteiger charge is -2.41. The molecule has 0 aromatic heterocycles. The summed E-state index contributed by atoms with van der Waals surface area (Å²) in [6, 6.07) is 26.6. The summed E-state index contributed by atoms with van der Waals surface area (Å²) in [7, 11) is 0. The van der Waals surface area contributed by atoms with Gasteiger partial charge in [-0.15, -0.1) is 0 Å². The molecule has 2 amide bonds. The average molecular weight is 531 g/mol. The molecule has 0 radical (unpaired) electrons. The third-order valence-corrected chi connectivity index (χ3v) is 6.92. The van der Waals surface area contributed by atoms with Crippen LogP contribution in [0.4, 0.5) is 9.59 Å². The van der Waals surface area contributed by atoms with Crippen LogP contribution in [-0.4, -0.2) is 51.5 Å². The highest BCUT2D eigenvalue weighted by atomic mass is 16.6. The Morgan fingerprint density at radius 2 is 1.54 bits per heavy atom. The highest BCUT2D eigenvalue weighted by Gasteiger charge is 2.38. The molecule has 1 heterocycles. The molecular weight excluding hydrogens is 492 g/mol. The molecule has 0 spiro atoms. The van der Waals surface area contributed by atoms with E-state index < -0.39 is 30.1 Å². The number of carbonyl (C=O) groups is 2. The van der Waals surface area contributed by atoms with Crippen LogP contribution in [-0.2, 0) is 29.0 Å². The van der Waals surface area contributed by atoms with Crippen molar-refractivity contribution in [3.8, 4) is 0 Å². The average Bonchev–Trinajstić information content (AvgIpc) is 2.93. The summed E-state index contributed by atoms with van der Waals surface area (Å²) in [5, 5.41) is 11.5. The van der Waals surface area contributed by atoms with Crippen molar-refractivity contribution >= 4 is 12.2 Å². The molecule has 7 nitrogen and oxygen atoms in total. The van der Waals surface area contributed by atoms with E-state index in [1.807, 2.05) is 91.9 Å². The lowest BCUT2D eigenvalue weighted by atomic mass is 9.93. The summed E-state index contributed by atoms with van der Waals surface area (Å²) < 4.78 is 11.4. The summed E-state index contributed by atoms with van der Waals surface area (Å²) in [4.78, 5) is 29.9. The van der Waals surface area contributed by atoms with Crippen LogP contribution in [0.5, 0.6) is 0 Å². The van der Waals surface area contributed by atoms with Crippen LogP contribution in [0.1, 0.15) is 55.9 Å². The van der Waals surface area contributed by atoms with Crippen molar-refractivity contribution in [3.63, 3.8) is 0 Å². The molecule has 0 fully saturated rings. The zero-order valence-corrected chi connectivity index (χ0v) is 23.1. The second-order valence-corrected chi connectivity index (χ2v) is 11.0. The molecule has 3 aromatic carbocycles. The SMILES string of the molecule is C[C@H](c1ccccc1)[C@H](O)N(CC1Cc2ccccc2CN1C(=O)OCc1ccccc1)C(=O)OC(C)(C)C. The van der Waals surface area contributed by atoms with E-state index in [1.165, 1.54) is 4.90 Å². The maximum absolute atomic E-state index is 13.5. The van der Waals surface area contributed by atoms with Gasteiger partial charge in [-0.05, 0) is 49.4 Å². The first-order valence-electron chi connectivity index (χ1n) is 13.4. The third-order valence-electron chi connectivity index (χ3n) is 6.92. The van der Waals surface area contributed by atoms with E-state index in [0.29, 0.717) is 13.0 Å². The number of amides is 2. The quantitative estimate of drug-likeness (QED) is 0.373. The van der Waals surface area contributed by atoms with E-state index in [2.05, 4.69) is 0 Å². The fourth-order valence-electron chi connectivity index (χ4n) is 4.80. The van der Waals surface area contributed by atoms with Gasteiger partial charge in [-0.1, -0.05) is 91.9 Å². The Hall–Kier alpha value is -3.84. The number of aliphatic hydroxyl groups is 1. The normalized spacial score (nSPS) is 16.5. The molecular formula is C32H38N2O5. The zero-order chi connectivity index (χ0) is 28.0. The standard InChI is InChI=1S/C32H38N2O5/c1-23(25-15-9-6-10-16-25)29(35)34(31(37)39-32(2,3)4)21-28-19-26-17-11-12-18-27(26)20-33(28)30(36)38-22-24-13-7-5-8-14-24/h5-18,23,28-29,35H,19-22H2,1-4H3/t23-,28?,29+/m1/s1. The number of benzene rings is 3. The van der Waals surface area contributed by atoms with Gasteiger partial charge in [-0.25, -0.2) is 9.59 Å². The molecule has 4 rings (SSSR count). The minimum Gasteiger partial charge on any atom is -0.445 e. The molecule has 1 aliphatic heterocycles. The summed E-state index contributed by atoms with van der Waals surface area (Å²) >= 11 is 0. The Morgan fingerprint density at radius 1 is 0.949 bits per heavy atom. The lowest BCUT2D eigenvalue weighted by Crippen LogP contribution is -2.55. The first-order valence-corrected chi connectivity index (χ1v) is 13.4. The van der Waals surface area contributed by atoms with Crippen molar-refractivity contribution < 1.29 is 24.2 Å². The summed E-state index contributed by atoms with van der Waals surface area (Å²) in [6.07, 6.45) is -1.74. The van der Waals surface area contributed by atoms with Gasteiger partial charge < -0.3 is 14.6 Å². The number of aliphatic hydroxyl groups excluding tert-OH is 1. The van der Waals surface area contributed by atoms with Crippen molar-refractivity contribution in [2.45, 2.75) is 71.1 Å². The molecule has 3 atom stereocenters. The van der Waals surface area contributed by atoms with Crippen LogP contribution in [0.15, 0.2) is 84.9 Å². The van der Waals surface area contributed by atoms with Gasteiger partial charge in [0, 0.05) is 19.0 Å². The Morgan fingerprint density at radius 3 is 2.18 bits per heavy atom. The van der Waals surface area contributed by atoms with E-state index in [4.69, 9.17) is 9.47 Å². The number of rotatable bonds is 7. The van der Waals surface area contributed by atoms with Gasteiger partial charge in [0.05, 0.1) is 6.04 Å². The first kappa shape index (κ1) is 28.2. The summed E-state index contributed by atoms with van der Waals surface area (Å²) in [5.41, 5.74) is 3.17. The zero-order valence-electron chi connectivity index (χ0n) is 23.1. The van der Waals surface area contributed by atoms with E-state index >= 15 is 0 Å². The van der Waals surface area contributed by atoms with Crippen LogP contribution in [0.3, 0.4) is 0 Å². The maximum Gasteiger partial charge on any atom is 0.412 e. The number of carbonyl (C=O) groups excluding carboxylic acids is 2. The molecule has 1 unspecified atom stereocenters. The number of fused-ring (bicyclic) bond motifs is 1. The summed E-state index contributed by atoms with van der Waals surface area (Å²) in [5.74, 6) is -0.381. The van der Waals surface area contributed by atoms with Crippen molar-refractivity contribution in [2.75, 3.05) is 6.54 Å². The smallest absolute Gasteiger partial charge is 0.412 e. The van der Waals surface area contributed by atoms with Crippen LogP contribution in [0.25, 0.3) is 0 Å². The van der Waals surface area contributed by atoms with Gasteiger partial charge in [-0.3, -0.25) is 9.80 Å². The van der Waals surface area contributed by atoms with Crippen molar-refractivity contribution in [3.05, 3.63) is 107 Å². The topological polar surface area (TPSA) is 79.3 Å². The van der Waals surface area contributed by atoms with Crippen LogP contribution < -0.4 is 0 Å². The first-order chi connectivity index (χ1) is 18.6. The van der Waals surface area contributed by atoms with Gasteiger partial charge in [0.1, 0.15) is 18.4 Å². The highest BCUT2D eigenvalue weighted by molar-refractivity contribution is 5.70. The number of ether oxygens (including phenoxy) is 2. The second kappa shape index (κ2) is 12.3. The number of nitrogens with zero attached hydrogens (tertiary/aromatic N) is 2. The highest BCUT2D eigenvalue weighted by Crippen LogP contribution is 2.28. The van der Waals surface area contributed by atoms with Crippen LogP contribution >= 0.6 is 0 Å². The summed E-state index contributed by atoms with van der Waals surface area (Å²) in [6.45, 7) is 7.83. The maximum atomic E-state index is 13.5. The predicted molar refractivity (Wildman–Crippen MR) is 150 cm³/mol. The third kappa shape index (κ3) is 7.39. The number of hydrogen-bond acceptors (Lipinski definition) is 5. The molecule has 0 saturated carbocycles. The number of hydrogen-bond donors (Lipinski definition) is 1.